The van der Waals surface area contributed by atoms with E-state index in [0.29, 0.717) is 49.8 Å². The van der Waals surface area contributed by atoms with E-state index in [1.807, 2.05) is 20.8 Å². The number of aliphatic hydroxyl groups is 1. The molecule has 3 rings (SSSR count). The third-order valence-corrected chi connectivity index (χ3v) is 10.7. The van der Waals surface area contributed by atoms with Gasteiger partial charge in [0.2, 0.25) is 23.6 Å². The topological polar surface area (TPSA) is 137 Å². The van der Waals surface area contributed by atoms with Crippen LogP contribution in [0, 0.1) is 24.6 Å². The first-order valence-corrected chi connectivity index (χ1v) is 18.9. The Bertz CT molecular complexity index is 1660. The van der Waals surface area contributed by atoms with E-state index < -0.39 is 64.7 Å². The second-order valence-electron chi connectivity index (χ2n) is 14.6. The minimum Gasteiger partial charge on any atom is -0.396 e. The molecular formula is C41H56F4N4O5. The number of hydrogen-bond acceptors (Lipinski definition) is 5. The van der Waals surface area contributed by atoms with Crippen LogP contribution in [0.5, 0.6) is 0 Å². The average molecular weight is 761 g/mol. The van der Waals surface area contributed by atoms with Crippen molar-refractivity contribution in [2.75, 3.05) is 13.2 Å². The minimum atomic E-state index is -4.62. The van der Waals surface area contributed by atoms with Crippen molar-refractivity contribution in [1.29, 1.82) is 0 Å². The molecule has 1 aliphatic carbocycles. The Morgan fingerprint density at radius 2 is 1.52 bits per heavy atom. The van der Waals surface area contributed by atoms with E-state index in [1.165, 1.54) is 31.2 Å². The molecule has 5 N–H and O–H groups in total. The molecule has 0 saturated carbocycles. The van der Waals surface area contributed by atoms with Gasteiger partial charge >= 0.3 is 6.18 Å². The fraction of sp³-hybridized carbons (Fsp3) is 0.561. The fourth-order valence-corrected chi connectivity index (χ4v) is 6.82. The largest absolute Gasteiger partial charge is 0.416 e. The summed E-state index contributed by atoms with van der Waals surface area (Å²) in [5, 5.41) is 20.5. The van der Waals surface area contributed by atoms with Crippen LogP contribution in [0.15, 0.2) is 48.0 Å². The van der Waals surface area contributed by atoms with Crippen molar-refractivity contribution in [2.24, 2.45) is 11.8 Å². The van der Waals surface area contributed by atoms with Gasteiger partial charge in [-0.2, -0.15) is 13.2 Å². The number of unbranched alkanes of at least 4 members (excludes halogenated alkanes) is 2. The SMILES string of the molecule is CCC(C)[C@H](NC(=O)Cc1ccccc1F)C(=O)N[C@]1(C(=O)N[C@H](C(=O)NCCCCCO)C(C)CC)CCC(C)=C(c2cccc(C(F)(F)F)c2C)C1. The lowest BCUT2D eigenvalue weighted by atomic mass is 9.74. The number of amides is 4. The molecule has 2 aromatic rings. The van der Waals surface area contributed by atoms with E-state index in [0.717, 1.165) is 11.6 Å². The zero-order valence-electron chi connectivity index (χ0n) is 32.2. The van der Waals surface area contributed by atoms with Crippen molar-refractivity contribution in [3.05, 3.63) is 76.1 Å². The smallest absolute Gasteiger partial charge is 0.396 e. The second kappa shape index (κ2) is 19.9. The van der Waals surface area contributed by atoms with Gasteiger partial charge in [0.05, 0.1) is 12.0 Å². The summed E-state index contributed by atoms with van der Waals surface area (Å²) in [7, 11) is 0. The molecule has 9 nitrogen and oxygen atoms in total. The van der Waals surface area contributed by atoms with Crippen molar-refractivity contribution in [3.8, 4) is 0 Å². The van der Waals surface area contributed by atoms with Gasteiger partial charge in [0.1, 0.15) is 23.4 Å². The molecule has 2 aromatic carbocycles. The number of halogens is 4. The predicted octanol–water partition coefficient (Wildman–Crippen LogP) is 6.55. The third-order valence-electron chi connectivity index (χ3n) is 10.7. The minimum absolute atomic E-state index is 0.0159. The number of aliphatic hydroxyl groups excluding tert-OH is 1. The number of nitrogens with one attached hydrogen (secondary N) is 4. The van der Waals surface area contributed by atoms with Crippen molar-refractivity contribution in [2.45, 2.75) is 123 Å². The lowest BCUT2D eigenvalue weighted by molar-refractivity contribution is -0.138. The predicted molar refractivity (Wildman–Crippen MR) is 200 cm³/mol. The molecule has 0 radical (unpaired) electrons. The average Bonchev–Trinajstić information content (AvgIpc) is 3.13. The first-order chi connectivity index (χ1) is 25.5. The van der Waals surface area contributed by atoms with Crippen LogP contribution in [-0.2, 0) is 31.8 Å². The number of hydrogen-bond donors (Lipinski definition) is 5. The van der Waals surface area contributed by atoms with Crippen LogP contribution in [0.3, 0.4) is 0 Å². The highest BCUT2D eigenvalue weighted by atomic mass is 19.4. The Labute approximate surface area is 316 Å². The van der Waals surface area contributed by atoms with Gasteiger partial charge in [-0.05, 0) is 92.2 Å². The van der Waals surface area contributed by atoms with E-state index in [2.05, 4.69) is 21.3 Å². The summed E-state index contributed by atoms with van der Waals surface area (Å²) < 4.78 is 56.5. The zero-order chi connectivity index (χ0) is 40.2. The maximum Gasteiger partial charge on any atom is 0.416 e. The first kappa shape index (κ1) is 44.1. The summed E-state index contributed by atoms with van der Waals surface area (Å²) in [5.41, 5.74) is -0.884. The highest BCUT2D eigenvalue weighted by molar-refractivity contribution is 5.99. The van der Waals surface area contributed by atoms with E-state index in [-0.39, 0.29) is 49.3 Å². The molecule has 13 heteroatoms. The van der Waals surface area contributed by atoms with Gasteiger partial charge in [0.15, 0.2) is 0 Å². The van der Waals surface area contributed by atoms with Gasteiger partial charge in [-0.1, -0.05) is 76.4 Å². The summed E-state index contributed by atoms with van der Waals surface area (Å²) in [4.78, 5) is 55.8. The van der Waals surface area contributed by atoms with Crippen molar-refractivity contribution >= 4 is 29.2 Å². The van der Waals surface area contributed by atoms with Crippen LogP contribution in [-0.4, -0.2) is 59.5 Å². The number of benzene rings is 2. The van der Waals surface area contributed by atoms with E-state index >= 15 is 0 Å². The molecule has 0 bridgehead atoms. The lowest BCUT2D eigenvalue weighted by Gasteiger charge is -2.41. The van der Waals surface area contributed by atoms with Crippen molar-refractivity contribution in [3.63, 3.8) is 0 Å². The van der Waals surface area contributed by atoms with Crippen LogP contribution in [0.2, 0.25) is 0 Å². The summed E-state index contributed by atoms with van der Waals surface area (Å²) in [5.74, 6) is -3.70. The molecule has 4 amide bonds. The van der Waals surface area contributed by atoms with E-state index in [4.69, 9.17) is 5.11 Å². The van der Waals surface area contributed by atoms with Crippen molar-refractivity contribution < 1.29 is 41.8 Å². The van der Waals surface area contributed by atoms with Crippen LogP contribution >= 0.6 is 0 Å². The molecule has 5 atom stereocenters. The standard InChI is InChI=1S/C41H56F4N4O5/c1-7-25(3)35(37(52)46-21-12-9-13-22-50)48-39(54)40(20-19-27(5)31(24-40)30-16-14-17-32(28(30)6)41(43,44)45)49-38(53)36(26(4)8-2)47-34(51)23-29-15-10-11-18-33(29)42/h10-11,14-18,25-26,35-36,50H,7-9,12-13,19-24H2,1-6H3,(H,46,52)(H,47,51)(H,48,54)(H,49,53)/t25?,26?,35-,36-,40+/m0/s1. The van der Waals surface area contributed by atoms with Gasteiger partial charge in [0.25, 0.3) is 0 Å². The van der Waals surface area contributed by atoms with E-state index in [9.17, 15) is 36.7 Å². The van der Waals surface area contributed by atoms with E-state index in [1.54, 1.807) is 26.0 Å². The Morgan fingerprint density at radius 3 is 2.13 bits per heavy atom. The van der Waals surface area contributed by atoms with Crippen LogP contribution in [0.25, 0.3) is 5.57 Å². The molecular weight excluding hydrogens is 704 g/mol. The van der Waals surface area contributed by atoms with Crippen LogP contribution in [0.1, 0.15) is 108 Å². The Hall–Kier alpha value is -4.26. The van der Waals surface area contributed by atoms with Gasteiger partial charge in [0, 0.05) is 19.6 Å². The van der Waals surface area contributed by atoms with Gasteiger partial charge < -0.3 is 26.4 Å². The molecule has 54 heavy (non-hydrogen) atoms. The fourth-order valence-electron chi connectivity index (χ4n) is 6.82. The third kappa shape index (κ3) is 11.4. The molecule has 0 fully saturated rings. The molecule has 0 aromatic heterocycles. The Balaban J connectivity index is 2.05. The summed E-state index contributed by atoms with van der Waals surface area (Å²) in [6.07, 6.45) is -1.91. The van der Waals surface area contributed by atoms with Gasteiger partial charge in [-0.15, -0.1) is 0 Å². The molecule has 2 unspecified atom stereocenters. The summed E-state index contributed by atoms with van der Waals surface area (Å²) >= 11 is 0. The molecule has 1 aliphatic rings. The van der Waals surface area contributed by atoms with Crippen molar-refractivity contribution in [1.82, 2.24) is 21.3 Å². The molecule has 0 spiro atoms. The summed E-state index contributed by atoms with van der Waals surface area (Å²) in [6.45, 7) is 10.8. The monoisotopic (exact) mass is 760 g/mol. The molecule has 0 aliphatic heterocycles. The van der Waals surface area contributed by atoms with Crippen LogP contribution in [0.4, 0.5) is 17.6 Å². The number of rotatable bonds is 18. The summed E-state index contributed by atoms with van der Waals surface area (Å²) in [6, 6.07) is 7.54. The first-order valence-electron chi connectivity index (χ1n) is 18.9. The van der Waals surface area contributed by atoms with Gasteiger partial charge in [-0.3, -0.25) is 19.2 Å². The van der Waals surface area contributed by atoms with Crippen LogP contribution < -0.4 is 21.3 Å². The number of alkyl halides is 3. The molecule has 0 heterocycles. The normalized spacial score (nSPS) is 18.3. The Morgan fingerprint density at radius 1 is 0.870 bits per heavy atom. The number of carbonyl (C=O) groups is 4. The van der Waals surface area contributed by atoms with Gasteiger partial charge in [-0.25, -0.2) is 4.39 Å². The highest BCUT2D eigenvalue weighted by Gasteiger charge is 2.47. The maximum absolute atomic E-state index is 14.7. The maximum atomic E-state index is 14.7. The lowest BCUT2D eigenvalue weighted by Crippen LogP contribution is -2.66. The molecule has 298 valence electrons. The number of allylic oxidation sites excluding steroid dienone is 1. The Kier molecular flexibility index (Phi) is 16.3. The highest BCUT2D eigenvalue weighted by Crippen LogP contribution is 2.42. The second-order valence-corrected chi connectivity index (χ2v) is 14.6. The zero-order valence-corrected chi connectivity index (χ0v) is 32.2. The number of carbonyl (C=O) groups excluding carboxylic acids is 4. The molecule has 0 saturated heterocycles. The quantitative estimate of drug-likeness (QED) is 0.0868.